The van der Waals surface area contributed by atoms with Crippen LogP contribution in [0.5, 0.6) is 0 Å². The van der Waals surface area contributed by atoms with E-state index >= 15 is 0 Å². The van der Waals surface area contributed by atoms with Crippen LogP contribution >= 0.6 is 0 Å². The molecule has 1 aliphatic rings. The number of nitrogens with zero attached hydrogens (tertiary/aromatic N) is 4. The minimum Gasteiger partial charge on any atom is -0.357 e. The molecule has 1 aliphatic carbocycles. The highest BCUT2D eigenvalue weighted by atomic mass is 16.5. The Kier molecular flexibility index (Phi) is 6.42. The summed E-state index contributed by atoms with van der Waals surface area (Å²) in [6, 6.07) is 6.11. The summed E-state index contributed by atoms with van der Waals surface area (Å²) in [4.78, 5) is 13.3. The number of aromatic nitrogens is 3. The maximum atomic E-state index is 5.29. The Morgan fingerprint density at radius 1 is 1.30 bits per heavy atom. The van der Waals surface area contributed by atoms with E-state index < -0.39 is 0 Å². The summed E-state index contributed by atoms with van der Waals surface area (Å²) in [5.74, 6) is 1.97. The van der Waals surface area contributed by atoms with E-state index in [9.17, 15) is 0 Å². The van der Waals surface area contributed by atoms with E-state index in [-0.39, 0.29) is 0 Å². The van der Waals surface area contributed by atoms with Crippen LogP contribution in [-0.2, 0) is 6.42 Å². The molecule has 0 unspecified atom stereocenters. The fraction of sp³-hybridized carbons (Fsp3) is 0.600. The average Bonchev–Trinajstić information content (AvgIpc) is 3.13. The fourth-order valence-corrected chi connectivity index (χ4v) is 3.27. The SMILES string of the molecule is CCNC(=NCCc1noc(-c2ccccn2)n1)NC1CCC(C)(C)CC1. The summed E-state index contributed by atoms with van der Waals surface area (Å²) < 4.78 is 5.29. The standard InChI is InChI=1S/C20H30N6O/c1-4-21-19(24-15-8-11-20(2,3)12-9-15)23-14-10-17-25-18(27-26-17)16-7-5-6-13-22-16/h5-7,13,15H,4,8-12,14H2,1-3H3,(H2,21,23,24). The molecule has 0 saturated heterocycles. The Morgan fingerprint density at radius 3 is 2.81 bits per heavy atom. The zero-order valence-electron chi connectivity index (χ0n) is 16.5. The van der Waals surface area contributed by atoms with Gasteiger partial charge in [0.15, 0.2) is 11.8 Å². The topological polar surface area (TPSA) is 88.2 Å². The van der Waals surface area contributed by atoms with Crippen molar-refractivity contribution in [3.05, 3.63) is 30.2 Å². The molecule has 27 heavy (non-hydrogen) atoms. The van der Waals surface area contributed by atoms with Gasteiger partial charge in [0.2, 0.25) is 0 Å². The number of pyridine rings is 1. The van der Waals surface area contributed by atoms with Gasteiger partial charge in [-0.1, -0.05) is 25.1 Å². The molecule has 146 valence electrons. The minimum absolute atomic E-state index is 0.449. The van der Waals surface area contributed by atoms with E-state index in [4.69, 9.17) is 4.52 Å². The van der Waals surface area contributed by atoms with Gasteiger partial charge in [-0.05, 0) is 50.2 Å². The molecule has 2 aromatic heterocycles. The molecule has 0 spiro atoms. The van der Waals surface area contributed by atoms with Crippen molar-refractivity contribution < 1.29 is 4.52 Å². The van der Waals surface area contributed by atoms with Crippen molar-refractivity contribution in [2.45, 2.75) is 58.9 Å². The second kappa shape index (κ2) is 8.97. The van der Waals surface area contributed by atoms with Crippen LogP contribution in [0.25, 0.3) is 11.6 Å². The van der Waals surface area contributed by atoms with E-state index in [0.29, 0.717) is 41.8 Å². The Balaban J connectivity index is 1.52. The summed E-state index contributed by atoms with van der Waals surface area (Å²) in [5, 5.41) is 10.9. The molecular formula is C20H30N6O. The molecule has 7 heteroatoms. The monoisotopic (exact) mass is 370 g/mol. The normalized spacial score (nSPS) is 17.7. The third-order valence-corrected chi connectivity index (χ3v) is 4.98. The van der Waals surface area contributed by atoms with Gasteiger partial charge in [0, 0.05) is 31.7 Å². The van der Waals surface area contributed by atoms with Crippen molar-refractivity contribution in [3.63, 3.8) is 0 Å². The van der Waals surface area contributed by atoms with Crippen molar-refractivity contribution in [1.82, 2.24) is 25.8 Å². The Hall–Kier alpha value is -2.44. The lowest BCUT2D eigenvalue weighted by atomic mass is 9.75. The Bertz CT molecular complexity index is 730. The van der Waals surface area contributed by atoms with Gasteiger partial charge in [0.25, 0.3) is 5.89 Å². The third-order valence-electron chi connectivity index (χ3n) is 4.98. The number of hydrogen-bond donors (Lipinski definition) is 2. The first-order valence-electron chi connectivity index (χ1n) is 9.84. The molecule has 2 N–H and O–H groups in total. The van der Waals surface area contributed by atoms with E-state index in [1.807, 2.05) is 18.2 Å². The van der Waals surface area contributed by atoms with Crippen molar-refractivity contribution in [1.29, 1.82) is 0 Å². The first-order chi connectivity index (χ1) is 13.1. The predicted molar refractivity (Wildman–Crippen MR) is 106 cm³/mol. The summed E-state index contributed by atoms with van der Waals surface area (Å²) in [6.45, 7) is 8.24. The van der Waals surface area contributed by atoms with Gasteiger partial charge in [-0.15, -0.1) is 0 Å². The number of rotatable bonds is 6. The third kappa shape index (κ3) is 5.77. The Morgan fingerprint density at radius 2 is 2.11 bits per heavy atom. The van der Waals surface area contributed by atoms with Crippen LogP contribution in [-0.4, -0.2) is 40.2 Å². The van der Waals surface area contributed by atoms with Gasteiger partial charge in [0.05, 0.1) is 0 Å². The van der Waals surface area contributed by atoms with Crippen LogP contribution in [0.1, 0.15) is 52.3 Å². The van der Waals surface area contributed by atoms with Gasteiger partial charge in [-0.2, -0.15) is 4.98 Å². The van der Waals surface area contributed by atoms with Gasteiger partial charge in [-0.3, -0.25) is 9.98 Å². The fourth-order valence-electron chi connectivity index (χ4n) is 3.27. The molecule has 2 heterocycles. The second-order valence-electron chi connectivity index (χ2n) is 7.82. The molecule has 3 rings (SSSR count). The summed E-state index contributed by atoms with van der Waals surface area (Å²) in [5.41, 5.74) is 1.16. The van der Waals surface area contributed by atoms with E-state index in [2.05, 4.69) is 51.5 Å². The van der Waals surface area contributed by atoms with Crippen LogP contribution in [0.3, 0.4) is 0 Å². The zero-order chi connectivity index (χ0) is 19.1. The van der Waals surface area contributed by atoms with Gasteiger partial charge >= 0.3 is 0 Å². The quantitative estimate of drug-likeness (QED) is 0.600. The highest BCUT2D eigenvalue weighted by molar-refractivity contribution is 5.80. The smallest absolute Gasteiger partial charge is 0.276 e. The molecule has 7 nitrogen and oxygen atoms in total. The average molecular weight is 371 g/mol. The van der Waals surface area contributed by atoms with Gasteiger partial charge < -0.3 is 15.2 Å². The number of nitrogens with one attached hydrogen (secondary N) is 2. The molecule has 0 atom stereocenters. The lowest BCUT2D eigenvalue weighted by Gasteiger charge is -2.35. The number of guanidine groups is 1. The highest BCUT2D eigenvalue weighted by Gasteiger charge is 2.27. The number of hydrogen-bond acceptors (Lipinski definition) is 5. The molecule has 0 radical (unpaired) electrons. The zero-order valence-corrected chi connectivity index (χ0v) is 16.5. The van der Waals surface area contributed by atoms with Crippen LogP contribution in [0, 0.1) is 5.41 Å². The summed E-state index contributed by atoms with van der Waals surface area (Å²) in [6.07, 6.45) is 7.23. The first-order valence-corrected chi connectivity index (χ1v) is 9.84. The summed E-state index contributed by atoms with van der Waals surface area (Å²) >= 11 is 0. The molecule has 1 fully saturated rings. The molecular weight excluding hydrogens is 340 g/mol. The van der Waals surface area contributed by atoms with Crippen molar-refractivity contribution in [2.24, 2.45) is 10.4 Å². The Labute approximate surface area is 161 Å². The molecule has 0 aliphatic heterocycles. The summed E-state index contributed by atoms with van der Waals surface area (Å²) in [7, 11) is 0. The van der Waals surface area contributed by atoms with Crippen molar-refractivity contribution in [3.8, 4) is 11.6 Å². The first kappa shape index (κ1) is 19.3. The minimum atomic E-state index is 0.449. The van der Waals surface area contributed by atoms with E-state index in [1.54, 1.807) is 6.20 Å². The van der Waals surface area contributed by atoms with E-state index in [0.717, 1.165) is 12.5 Å². The lowest BCUT2D eigenvalue weighted by molar-refractivity contribution is 0.216. The van der Waals surface area contributed by atoms with Crippen molar-refractivity contribution >= 4 is 5.96 Å². The molecule has 0 bridgehead atoms. The largest absolute Gasteiger partial charge is 0.357 e. The molecule has 1 saturated carbocycles. The van der Waals surface area contributed by atoms with Crippen LogP contribution in [0.15, 0.2) is 33.9 Å². The highest BCUT2D eigenvalue weighted by Crippen LogP contribution is 2.34. The molecule has 0 amide bonds. The maximum absolute atomic E-state index is 5.29. The second-order valence-corrected chi connectivity index (χ2v) is 7.82. The molecule has 0 aromatic carbocycles. The van der Waals surface area contributed by atoms with Crippen LogP contribution < -0.4 is 10.6 Å². The van der Waals surface area contributed by atoms with Crippen LogP contribution in [0.2, 0.25) is 0 Å². The lowest BCUT2D eigenvalue weighted by Crippen LogP contribution is -2.45. The predicted octanol–water partition coefficient (Wildman–Crippen LogP) is 3.20. The van der Waals surface area contributed by atoms with Crippen molar-refractivity contribution in [2.75, 3.05) is 13.1 Å². The van der Waals surface area contributed by atoms with Crippen LogP contribution in [0.4, 0.5) is 0 Å². The maximum Gasteiger partial charge on any atom is 0.276 e. The van der Waals surface area contributed by atoms with E-state index in [1.165, 1.54) is 25.7 Å². The molecule has 2 aromatic rings. The van der Waals surface area contributed by atoms with Gasteiger partial charge in [0.1, 0.15) is 5.69 Å². The number of aliphatic imine (C=N–C) groups is 1. The van der Waals surface area contributed by atoms with Gasteiger partial charge in [-0.25, -0.2) is 0 Å².